The number of nitriles is 1. The molecular formula is C12H15NO3. The molecule has 0 saturated heterocycles. The molecule has 0 aliphatic heterocycles. The van der Waals surface area contributed by atoms with Gasteiger partial charge in [-0.25, -0.2) is 0 Å². The lowest BCUT2D eigenvalue weighted by atomic mass is 9.73. The molecule has 4 nitrogen and oxygen atoms in total. The minimum absolute atomic E-state index is 0.125. The molecule has 0 spiro atoms. The van der Waals surface area contributed by atoms with Crippen LogP contribution in [0, 0.1) is 22.7 Å². The van der Waals surface area contributed by atoms with E-state index in [0.717, 1.165) is 0 Å². The Hall–Kier alpha value is -1.63. The molecule has 0 heterocycles. The maximum Gasteiger partial charge on any atom is 0.319 e. The Morgan fingerprint density at radius 1 is 1.81 bits per heavy atom. The summed E-state index contributed by atoms with van der Waals surface area (Å²) in [6.45, 7) is 3.57. The SMILES string of the molecule is C=CCC1(C(=O)OC)C(=O)CCC1CC#N. The van der Waals surface area contributed by atoms with Crippen LogP contribution in [0.15, 0.2) is 12.7 Å². The molecule has 0 bridgehead atoms. The highest BCUT2D eigenvalue weighted by atomic mass is 16.5. The fraction of sp³-hybridized carbons (Fsp3) is 0.583. The number of ketones is 1. The first kappa shape index (κ1) is 12.4. The van der Waals surface area contributed by atoms with Crippen molar-refractivity contribution in [1.29, 1.82) is 5.26 Å². The van der Waals surface area contributed by atoms with Crippen LogP contribution in [0.4, 0.5) is 0 Å². The second kappa shape index (κ2) is 4.93. The van der Waals surface area contributed by atoms with Gasteiger partial charge in [0.25, 0.3) is 0 Å². The molecule has 1 aliphatic rings. The molecule has 0 N–H and O–H groups in total. The zero-order valence-electron chi connectivity index (χ0n) is 9.36. The maximum atomic E-state index is 11.9. The van der Waals surface area contributed by atoms with Gasteiger partial charge in [0.1, 0.15) is 5.41 Å². The average molecular weight is 221 g/mol. The highest BCUT2D eigenvalue weighted by Crippen LogP contribution is 2.46. The third-order valence-corrected chi connectivity index (χ3v) is 3.27. The molecule has 1 fully saturated rings. The van der Waals surface area contributed by atoms with E-state index in [1.807, 2.05) is 6.07 Å². The topological polar surface area (TPSA) is 67.2 Å². The van der Waals surface area contributed by atoms with Gasteiger partial charge in [0.05, 0.1) is 13.2 Å². The summed E-state index contributed by atoms with van der Waals surface area (Å²) in [7, 11) is 1.27. The zero-order valence-corrected chi connectivity index (χ0v) is 9.36. The number of hydrogen-bond donors (Lipinski definition) is 0. The van der Waals surface area contributed by atoms with Crippen molar-refractivity contribution in [2.75, 3.05) is 7.11 Å². The summed E-state index contributed by atoms with van der Waals surface area (Å²) >= 11 is 0. The number of nitrogens with zero attached hydrogens (tertiary/aromatic N) is 1. The number of Topliss-reactive ketones (excluding diaryl/α,β-unsaturated/α-hetero) is 1. The normalized spacial score (nSPS) is 28.5. The number of carbonyl (C=O) groups excluding carboxylic acids is 2. The molecule has 0 aromatic heterocycles. The van der Waals surface area contributed by atoms with Gasteiger partial charge in [-0.15, -0.1) is 6.58 Å². The largest absolute Gasteiger partial charge is 0.468 e. The van der Waals surface area contributed by atoms with E-state index in [-0.39, 0.29) is 24.5 Å². The van der Waals surface area contributed by atoms with Crippen molar-refractivity contribution < 1.29 is 14.3 Å². The van der Waals surface area contributed by atoms with Gasteiger partial charge in [0.2, 0.25) is 0 Å². The third kappa shape index (κ3) is 1.73. The van der Waals surface area contributed by atoms with Crippen LogP contribution in [0.1, 0.15) is 25.7 Å². The number of esters is 1. The van der Waals surface area contributed by atoms with Crippen LogP contribution >= 0.6 is 0 Å². The van der Waals surface area contributed by atoms with Crippen molar-refractivity contribution in [3.63, 3.8) is 0 Å². The lowest BCUT2D eigenvalue weighted by Crippen LogP contribution is -2.41. The smallest absolute Gasteiger partial charge is 0.319 e. The van der Waals surface area contributed by atoms with Crippen molar-refractivity contribution in [3.05, 3.63) is 12.7 Å². The first-order valence-electron chi connectivity index (χ1n) is 5.23. The first-order chi connectivity index (χ1) is 7.63. The summed E-state index contributed by atoms with van der Waals surface area (Å²) in [5, 5.41) is 8.73. The molecule has 2 unspecified atom stereocenters. The maximum absolute atomic E-state index is 11.9. The number of allylic oxidation sites excluding steroid dienone is 1. The van der Waals surface area contributed by atoms with E-state index in [9.17, 15) is 9.59 Å². The van der Waals surface area contributed by atoms with E-state index < -0.39 is 11.4 Å². The Bertz CT molecular complexity index is 356. The van der Waals surface area contributed by atoms with Crippen molar-refractivity contribution in [2.24, 2.45) is 11.3 Å². The van der Waals surface area contributed by atoms with E-state index in [2.05, 4.69) is 6.58 Å². The van der Waals surface area contributed by atoms with Gasteiger partial charge in [-0.3, -0.25) is 9.59 Å². The number of ether oxygens (including phenoxy) is 1. The molecule has 0 radical (unpaired) electrons. The van der Waals surface area contributed by atoms with Crippen molar-refractivity contribution in [2.45, 2.75) is 25.7 Å². The van der Waals surface area contributed by atoms with Gasteiger partial charge in [-0.1, -0.05) is 6.08 Å². The fourth-order valence-electron chi connectivity index (χ4n) is 2.44. The van der Waals surface area contributed by atoms with Gasteiger partial charge >= 0.3 is 5.97 Å². The fourth-order valence-corrected chi connectivity index (χ4v) is 2.44. The molecule has 1 aliphatic carbocycles. The van der Waals surface area contributed by atoms with Crippen molar-refractivity contribution >= 4 is 11.8 Å². The highest BCUT2D eigenvalue weighted by Gasteiger charge is 2.55. The van der Waals surface area contributed by atoms with Crippen LogP contribution in [0.5, 0.6) is 0 Å². The van der Waals surface area contributed by atoms with E-state index in [4.69, 9.17) is 10.00 Å². The Morgan fingerprint density at radius 2 is 2.50 bits per heavy atom. The standard InChI is InChI=1S/C12H15NO3/c1-3-7-12(11(15)16-2)9(6-8-13)4-5-10(12)14/h3,9H,1,4-7H2,2H3. The summed E-state index contributed by atoms with van der Waals surface area (Å²) in [6, 6.07) is 2.03. The Balaban J connectivity index is 3.12. The van der Waals surface area contributed by atoms with Gasteiger partial charge in [0, 0.05) is 12.8 Å². The van der Waals surface area contributed by atoms with E-state index in [1.165, 1.54) is 7.11 Å². The van der Waals surface area contributed by atoms with E-state index in [1.54, 1.807) is 6.08 Å². The Labute approximate surface area is 94.9 Å². The second-order valence-electron chi connectivity index (χ2n) is 3.98. The predicted molar refractivity (Wildman–Crippen MR) is 57.2 cm³/mol. The van der Waals surface area contributed by atoms with Gasteiger partial charge in [0.15, 0.2) is 5.78 Å². The molecule has 0 amide bonds. The van der Waals surface area contributed by atoms with E-state index in [0.29, 0.717) is 12.8 Å². The molecule has 1 saturated carbocycles. The summed E-state index contributed by atoms with van der Waals surface area (Å²) in [5.74, 6) is -0.898. The van der Waals surface area contributed by atoms with Crippen LogP contribution in [-0.4, -0.2) is 18.9 Å². The lowest BCUT2D eigenvalue weighted by Gasteiger charge is -2.28. The van der Waals surface area contributed by atoms with E-state index >= 15 is 0 Å². The average Bonchev–Trinajstić information content (AvgIpc) is 2.58. The molecule has 86 valence electrons. The van der Waals surface area contributed by atoms with Crippen LogP contribution in [-0.2, 0) is 14.3 Å². The Kier molecular flexibility index (Phi) is 3.83. The Morgan fingerprint density at radius 3 is 3.00 bits per heavy atom. The van der Waals surface area contributed by atoms with Crippen molar-refractivity contribution in [1.82, 2.24) is 0 Å². The highest BCUT2D eigenvalue weighted by molar-refractivity contribution is 6.05. The van der Waals surface area contributed by atoms with Crippen LogP contribution in [0.2, 0.25) is 0 Å². The number of rotatable bonds is 4. The molecule has 16 heavy (non-hydrogen) atoms. The van der Waals surface area contributed by atoms with Gasteiger partial charge in [-0.2, -0.15) is 5.26 Å². The molecule has 4 heteroatoms. The van der Waals surface area contributed by atoms with Crippen LogP contribution in [0.3, 0.4) is 0 Å². The molecule has 2 atom stereocenters. The third-order valence-electron chi connectivity index (χ3n) is 3.27. The molecule has 1 rings (SSSR count). The minimum Gasteiger partial charge on any atom is -0.468 e. The first-order valence-corrected chi connectivity index (χ1v) is 5.23. The molecular weight excluding hydrogens is 206 g/mol. The molecule has 0 aromatic carbocycles. The molecule has 0 aromatic rings. The number of methoxy groups -OCH3 is 1. The van der Waals surface area contributed by atoms with Gasteiger partial charge < -0.3 is 4.74 Å². The van der Waals surface area contributed by atoms with Crippen LogP contribution in [0.25, 0.3) is 0 Å². The van der Waals surface area contributed by atoms with Gasteiger partial charge in [-0.05, 0) is 18.8 Å². The van der Waals surface area contributed by atoms with Crippen molar-refractivity contribution in [3.8, 4) is 6.07 Å². The van der Waals surface area contributed by atoms with Crippen LogP contribution < -0.4 is 0 Å². The zero-order chi connectivity index (χ0) is 12.2. The number of carbonyl (C=O) groups is 2. The summed E-state index contributed by atoms with van der Waals surface area (Å²) < 4.78 is 4.72. The summed E-state index contributed by atoms with van der Waals surface area (Å²) in [5.41, 5.74) is -1.16. The summed E-state index contributed by atoms with van der Waals surface area (Å²) in [4.78, 5) is 23.7. The lowest BCUT2D eigenvalue weighted by molar-refractivity contribution is -0.159. The minimum atomic E-state index is -1.16. The predicted octanol–water partition coefficient (Wildman–Crippen LogP) is 1.61. The summed E-state index contributed by atoms with van der Waals surface area (Å²) in [6.07, 6.45) is 2.93. The second-order valence-corrected chi connectivity index (χ2v) is 3.98. The quantitative estimate of drug-likeness (QED) is 0.411. The number of hydrogen-bond acceptors (Lipinski definition) is 4. The monoisotopic (exact) mass is 221 g/mol.